The average Bonchev–Trinajstić information content (AvgIpc) is 3.12. The number of likely N-dealkylation sites (tertiary alicyclic amines) is 1. The molecule has 1 aliphatic carbocycles. The topological polar surface area (TPSA) is 38.8 Å². The minimum Gasteiger partial charge on any atom is -0.494 e. The maximum atomic E-state index is 12.4. The quantitative estimate of drug-likeness (QED) is 0.499. The molecule has 1 atom stereocenters. The minimum atomic E-state index is -0.212. The Hall–Kier alpha value is -1.26. The van der Waals surface area contributed by atoms with E-state index in [9.17, 15) is 4.79 Å². The van der Waals surface area contributed by atoms with Gasteiger partial charge in [-0.2, -0.15) is 0 Å². The number of ether oxygens (including phenoxy) is 2. The van der Waals surface area contributed by atoms with Crippen LogP contribution in [0.4, 0.5) is 0 Å². The Balaban J connectivity index is 0.00000243. The maximum Gasteiger partial charge on any atom is 0.338 e. The van der Waals surface area contributed by atoms with E-state index >= 15 is 0 Å². The van der Waals surface area contributed by atoms with E-state index < -0.39 is 0 Å². The van der Waals surface area contributed by atoms with Crippen LogP contribution in [0.1, 0.15) is 68.6 Å². The van der Waals surface area contributed by atoms with Gasteiger partial charge in [0.25, 0.3) is 0 Å². The van der Waals surface area contributed by atoms with E-state index in [0.29, 0.717) is 11.6 Å². The lowest BCUT2D eigenvalue weighted by Gasteiger charge is -2.30. The molecule has 1 saturated heterocycles. The lowest BCUT2D eigenvalue weighted by Crippen LogP contribution is -2.36. The van der Waals surface area contributed by atoms with Gasteiger partial charge in [-0.25, -0.2) is 4.79 Å². The molecular formula is C21H32ClNO3. The number of nitrogens with zero attached hydrogens (tertiary/aromatic N) is 1. The zero-order valence-electron chi connectivity index (χ0n) is 15.8. The molecule has 1 aliphatic heterocycles. The molecule has 0 aromatic heterocycles. The average molecular weight is 382 g/mol. The van der Waals surface area contributed by atoms with Gasteiger partial charge in [-0.3, -0.25) is 4.90 Å². The first-order valence-corrected chi connectivity index (χ1v) is 9.94. The van der Waals surface area contributed by atoms with Gasteiger partial charge < -0.3 is 9.47 Å². The van der Waals surface area contributed by atoms with Crippen LogP contribution in [0, 0.1) is 0 Å². The van der Waals surface area contributed by atoms with Crippen molar-refractivity contribution in [2.24, 2.45) is 0 Å². The Morgan fingerprint density at radius 1 is 1.12 bits per heavy atom. The molecular weight excluding hydrogens is 350 g/mol. The molecule has 0 spiro atoms. The number of carbonyl (C=O) groups excluding carboxylic acids is 1. The van der Waals surface area contributed by atoms with Gasteiger partial charge in [-0.05, 0) is 49.9 Å². The highest BCUT2D eigenvalue weighted by molar-refractivity contribution is 5.89. The van der Waals surface area contributed by atoms with Gasteiger partial charge in [0.2, 0.25) is 0 Å². The molecule has 1 heterocycles. The molecule has 2 fully saturated rings. The van der Waals surface area contributed by atoms with Crippen LogP contribution in [0.5, 0.6) is 5.75 Å². The molecule has 5 heteroatoms. The molecule has 146 valence electrons. The normalized spacial score (nSPS) is 21.2. The molecule has 0 bridgehead atoms. The van der Waals surface area contributed by atoms with Crippen molar-refractivity contribution in [3.8, 4) is 5.75 Å². The lowest BCUT2D eigenvalue weighted by atomic mass is 9.94. The summed E-state index contributed by atoms with van der Waals surface area (Å²) in [6.07, 6.45) is 9.83. The summed E-state index contributed by atoms with van der Waals surface area (Å²) < 4.78 is 11.4. The number of halogens is 1. The van der Waals surface area contributed by atoms with Crippen LogP contribution in [0.25, 0.3) is 0 Å². The number of unbranched alkanes of at least 4 members (excludes halogenated alkanes) is 1. The Kier molecular flexibility index (Phi) is 8.73. The van der Waals surface area contributed by atoms with Crippen molar-refractivity contribution >= 4 is 18.4 Å². The van der Waals surface area contributed by atoms with Crippen LogP contribution < -0.4 is 4.74 Å². The van der Waals surface area contributed by atoms with Crippen LogP contribution in [0.3, 0.4) is 0 Å². The van der Waals surface area contributed by atoms with E-state index in [1.165, 1.54) is 32.1 Å². The third kappa shape index (κ3) is 5.88. The highest BCUT2D eigenvalue weighted by atomic mass is 35.5. The fourth-order valence-electron chi connectivity index (χ4n) is 3.87. The highest BCUT2D eigenvalue weighted by Gasteiger charge is 2.31. The third-order valence-electron chi connectivity index (χ3n) is 5.40. The first-order valence-electron chi connectivity index (χ1n) is 9.94. The summed E-state index contributed by atoms with van der Waals surface area (Å²) in [7, 11) is 0. The third-order valence-corrected chi connectivity index (χ3v) is 5.40. The van der Waals surface area contributed by atoms with E-state index in [1.807, 2.05) is 12.1 Å². The summed E-state index contributed by atoms with van der Waals surface area (Å²) in [5, 5.41) is 0. The molecule has 0 amide bonds. The smallest absolute Gasteiger partial charge is 0.338 e. The SMILES string of the molecule is CCCCOc1ccc(C(=O)OC2CCN(C3CCCCC3)C2)cc1.Cl. The second-order valence-corrected chi connectivity index (χ2v) is 7.33. The first-order chi connectivity index (χ1) is 12.3. The summed E-state index contributed by atoms with van der Waals surface area (Å²) in [6.45, 7) is 4.82. The van der Waals surface area contributed by atoms with Crippen LogP contribution in [0.2, 0.25) is 0 Å². The Morgan fingerprint density at radius 2 is 1.85 bits per heavy atom. The molecule has 2 aliphatic rings. The van der Waals surface area contributed by atoms with Gasteiger partial charge in [-0.1, -0.05) is 32.6 Å². The lowest BCUT2D eigenvalue weighted by molar-refractivity contribution is 0.0305. The van der Waals surface area contributed by atoms with Crippen molar-refractivity contribution in [2.75, 3.05) is 19.7 Å². The first kappa shape index (κ1) is 21.0. The number of rotatable bonds is 7. The second-order valence-electron chi connectivity index (χ2n) is 7.33. The van der Waals surface area contributed by atoms with E-state index in [0.717, 1.165) is 44.7 Å². The van der Waals surface area contributed by atoms with Crippen LogP contribution >= 0.6 is 12.4 Å². The molecule has 1 unspecified atom stereocenters. The van der Waals surface area contributed by atoms with E-state index in [1.54, 1.807) is 12.1 Å². The maximum absolute atomic E-state index is 12.4. The predicted molar refractivity (Wildman–Crippen MR) is 106 cm³/mol. The van der Waals surface area contributed by atoms with Gasteiger partial charge in [0.05, 0.1) is 12.2 Å². The van der Waals surface area contributed by atoms with E-state index in [4.69, 9.17) is 9.47 Å². The second kappa shape index (κ2) is 10.8. The summed E-state index contributed by atoms with van der Waals surface area (Å²) in [4.78, 5) is 14.9. The monoisotopic (exact) mass is 381 g/mol. The Bertz CT molecular complexity index is 543. The highest BCUT2D eigenvalue weighted by Crippen LogP contribution is 2.27. The van der Waals surface area contributed by atoms with Gasteiger partial charge in [0, 0.05) is 19.1 Å². The fourth-order valence-corrected chi connectivity index (χ4v) is 3.87. The summed E-state index contributed by atoms with van der Waals surface area (Å²) in [6, 6.07) is 8.02. The van der Waals surface area contributed by atoms with Crippen molar-refractivity contribution < 1.29 is 14.3 Å². The van der Waals surface area contributed by atoms with Crippen molar-refractivity contribution in [1.82, 2.24) is 4.90 Å². The molecule has 1 saturated carbocycles. The zero-order valence-corrected chi connectivity index (χ0v) is 16.6. The largest absolute Gasteiger partial charge is 0.494 e. The molecule has 4 nitrogen and oxygen atoms in total. The Labute approximate surface area is 163 Å². The van der Waals surface area contributed by atoms with Crippen LogP contribution in [-0.4, -0.2) is 42.7 Å². The number of hydrogen-bond acceptors (Lipinski definition) is 4. The van der Waals surface area contributed by atoms with Gasteiger partial charge in [0.1, 0.15) is 11.9 Å². The predicted octanol–water partition coefficient (Wildman–Crippen LogP) is 4.85. The van der Waals surface area contributed by atoms with Crippen LogP contribution in [-0.2, 0) is 4.74 Å². The number of hydrogen-bond donors (Lipinski definition) is 0. The number of esters is 1. The van der Waals surface area contributed by atoms with Crippen molar-refractivity contribution in [3.05, 3.63) is 29.8 Å². The molecule has 26 heavy (non-hydrogen) atoms. The summed E-state index contributed by atoms with van der Waals surface area (Å²) >= 11 is 0. The molecule has 1 aromatic carbocycles. The molecule has 1 aromatic rings. The summed E-state index contributed by atoms with van der Waals surface area (Å²) in [5.74, 6) is 0.602. The van der Waals surface area contributed by atoms with E-state index in [2.05, 4.69) is 11.8 Å². The molecule has 0 N–H and O–H groups in total. The van der Waals surface area contributed by atoms with Crippen molar-refractivity contribution in [2.45, 2.75) is 70.4 Å². The van der Waals surface area contributed by atoms with Crippen molar-refractivity contribution in [3.63, 3.8) is 0 Å². The van der Waals surface area contributed by atoms with Crippen molar-refractivity contribution in [1.29, 1.82) is 0 Å². The van der Waals surface area contributed by atoms with Gasteiger partial charge in [-0.15, -0.1) is 12.4 Å². The Morgan fingerprint density at radius 3 is 2.54 bits per heavy atom. The van der Waals surface area contributed by atoms with E-state index in [-0.39, 0.29) is 24.5 Å². The zero-order chi connectivity index (χ0) is 17.5. The fraction of sp³-hybridized carbons (Fsp3) is 0.667. The van der Waals surface area contributed by atoms with Gasteiger partial charge >= 0.3 is 5.97 Å². The van der Waals surface area contributed by atoms with Crippen LogP contribution in [0.15, 0.2) is 24.3 Å². The molecule has 3 rings (SSSR count). The molecule has 0 radical (unpaired) electrons. The van der Waals surface area contributed by atoms with Gasteiger partial charge in [0.15, 0.2) is 0 Å². The minimum absolute atomic E-state index is 0. The standard InChI is InChI=1S/C21H31NO3.ClH/c1-2-3-15-24-19-11-9-17(10-12-19)21(23)25-20-13-14-22(16-20)18-7-5-4-6-8-18;/h9-12,18,20H,2-8,13-16H2,1H3;1H. The number of benzene rings is 1. The summed E-state index contributed by atoms with van der Waals surface area (Å²) in [5.41, 5.74) is 0.610. The number of carbonyl (C=O) groups is 1.